The summed E-state index contributed by atoms with van der Waals surface area (Å²) in [6.07, 6.45) is 0. The van der Waals surface area contributed by atoms with Gasteiger partial charge in [0, 0.05) is 56.6 Å². The molecular weight excluding hydrogens is 500 g/mol. The molecular formula is C30H33ClN4O3. The van der Waals surface area contributed by atoms with Crippen LogP contribution in [0.15, 0.2) is 72.8 Å². The number of carbonyl (C=O) groups is 2. The van der Waals surface area contributed by atoms with Crippen LogP contribution >= 0.6 is 11.6 Å². The molecule has 3 aromatic carbocycles. The second kappa shape index (κ2) is 11.5. The molecule has 0 unspecified atom stereocenters. The lowest BCUT2D eigenvalue weighted by Gasteiger charge is -2.37. The quantitative estimate of drug-likeness (QED) is 0.461. The molecule has 2 amide bonds. The summed E-state index contributed by atoms with van der Waals surface area (Å²) in [6, 6.07) is 23.1. The molecule has 2 heterocycles. The van der Waals surface area contributed by atoms with Crippen molar-refractivity contribution in [3.05, 3.63) is 88.9 Å². The van der Waals surface area contributed by atoms with Gasteiger partial charge >= 0.3 is 0 Å². The van der Waals surface area contributed by atoms with Gasteiger partial charge in [-0.2, -0.15) is 0 Å². The summed E-state index contributed by atoms with van der Waals surface area (Å²) in [5.41, 5.74) is 4.05. The van der Waals surface area contributed by atoms with Gasteiger partial charge in [0.25, 0.3) is 0 Å². The fourth-order valence-corrected chi connectivity index (χ4v) is 5.65. The van der Waals surface area contributed by atoms with Gasteiger partial charge in [-0.05, 0) is 48.4 Å². The Kier molecular flexibility index (Phi) is 7.86. The Labute approximate surface area is 228 Å². The summed E-state index contributed by atoms with van der Waals surface area (Å²) in [7, 11) is 0. The second-order valence-corrected chi connectivity index (χ2v) is 10.6. The summed E-state index contributed by atoms with van der Waals surface area (Å²) >= 11 is 6.03. The second-order valence-electron chi connectivity index (χ2n) is 10.2. The largest absolute Gasteiger partial charge is 0.506 e. The summed E-state index contributed by atoms with van der Waals surface area (Å²) in [5.74, 6) is -0.405. The van der Waals surface area contributed by atoms with E-state index in [0.29, 0.717) is 38.4 Å². The van der Waals surface area contributed by atoms with Gasteiger partial charge in [-0.15, -0.1) is 0 Å². The number of carbonyl (C=O) groups excluding carboxylic acids is 2. The number of phenols is 1. The third-order valence-corrected chi connectivity index (χ3v) is 7.84. The fourth-order valence-electron chi connectivity index (χ4n) is 5.47. The third kappa shape index (κ3) is 5.95. The van der Waals surface area contributed by atoms with E-state index in [2.05, 4.69) is 46.3 Å². The summed E-state index contributed by atoms with van der Waals surface area (Å²) < 4.78 is 0. The maximum atomic E-state index is 13.4. The first-order valence-electron chi connectivity index (χ1n) is 13.0. The third-order valence-electron chi connectivity index (χ3n) is 7.53. The van der Waals surface area contributed by atoms with Crippen molar-refractivity contribution in [2.45, 2.75) is 12.8 Å². The van der Waals surface area contributed by atoms with Crippen molar-refractivity contribution in [1.29, 1.82) is 0 Å². The van der Waals surface area contributed by atoms with Crippen LogP contribution in [0.3, 0.4) is 0 Å². The lowest BCUT2D eigenvalue weighted by molar-refractivity contribution is -0.132. The lowest BCUT2D eigenvalue weighted by atomic mass is 9.88. The Morgan fingerprint density at radius 3 is 2.42 bits per heavy atom. The van der Waals surface area contributed by atoms with E-state index >= 15 is 0 Å². The zero-order valence-electron chi connectivity index (χ0n) is 21.5. The van der Waals surface area contributed by atoms with Gasteiger partial charge in [0.1, 0.15) is 5.75 Å². The molecule has 5 rings (SSSR count). The SMILES string of the molecule is Cc1cccc(N2CCN(C(=O)CN3C[C@H](C(=O)Nc4ccc(O)c(Cl)c4)[C@@H](c4ccccc4)C3)CC2)c1. The highest BCUT2D eigenvalue weighted by molar-refractivity contribution is 6.32. The number of piperazine rings is 1. The van der Waals surface area contributed by atoms with Gasteiger partial charge in [0.2, 0.25) is 11.8 Å². The molecule has 2 aliphatic heterocycles. The standard InChI is InChI=1S/C30H33ClN4O3/c1-21-6-5-9-24(16-21)34-12-14-35(15-13-34)29(37)20-33-18-25(22-7-3-2-4-8-22)26(19-33)30(38)32-23-10-11-28(36)27(31)17-23/h2-11,16-17,25-26,36H,12-15,18-20H2,1H3,(H,32,38)/t25-,26+/m1/s1. The number of aromatic hydroxyl groups is 1. The van der Waals surface area contributed by atoms with Crippen molar-refractivity contribution < 1.29 is 14.7 Å². The van der Waals surface area contributed by atoms with Crippen molar-refractivity contribution in [3.8, 4) is 5.75 Å². The molecule has 2 atom stereocenters. The number of aryl methyl sites for hydroxylation is 1. The Hall–Kier alpha value is -3.55. The minimum atomic E-state index is -0.323. The van der Waals surface area contributed by atoms with E-state index in [0.717, 1.165) is 18.7 Å². The number of nitrogens with one attached hydrogen (secondary N) is 1. The smallest absolute Gasteiger partial charge is 0.236 e. The molecule has 0 saturated carbocycles. The normalized spacial score (nSPS) is 19.9. The van der Waals surface area contributed by atoms with E-state index in [9.17, 15) is 14.7 Å². The molecule has 3 aromatic rings. The van der Waals surface area contributed by atoms with Crippen LogP contribution in [0.5, 0.6) is 5.75 Å². The Bertz CT molecular complexity index is 1290. The number of rotatable bonds is 6. The molecule has 198 valence electrons. The lowest BCUT2D eigenvalue weighted by Crippen LogP contribution is -2.51. The molecule has 0 spiro atoms. The van der Waals surface area contributed by atoms with Gasteiger partial charge in [-0.3, -0.25) is 14.5 Å². The highest BCUT2D eigenvalue weighted by Gasteiger charge is 2.39. The first kappa shape index (κ1) is 26.1. The first-order valence-corrected chi connectivity index (χ1v) is 13.4. The average molecular weight is 533 g/mol. The zero-order valence-corrected chi connectivity index (χ0v) is 22.3. The van der Waals surface area contributed by atoms with Gasteiger partial charge in [0.05, 0.1) is 17.5 Å². The zero-order chi connectivity index (χ0) is 26.6. The molecule has 0 radical (unpaired) electrons. The minimum Gasteiger partial charge on any atom is -0.506 e. The van der Waals surface area contributed by atoms with E-state index in [1.807, 2.05) is 35.2 Å². The average Bonchev–Trinajstić information content (AvgIpc) is 3.35. The predicted molar refractivity (Wildman–Crippen MR) is 151 cm³/mol. The molecule has 38 heavy (non-hydrogen) atoms. The van der Waals surface area contributed by atoms with E-state index in [-0.39, 0.29) is 34.4 Å². The number of hydrogen-bond acceptors (Lipinski definition) is 5. The molecule has 0 aliphatic carbocycles. The topological polar surface area (TPSA) is 76.1 Å². The molecule has 0 aromatic heterocycles. The maximum absolute atomic E-state index is 13.4. The van der Waals surface area contributed by atoms with Gasteiger partial charge < -0.3 is 20.2 Å². The number of halogens is 1. The van der Waals surface area contributed by atoms with Crippen LogP contribution in [0.2, 0.25) is 5.02 Å². The predicted octanol–water partition coefficient (Wildman–Crippen LogP) is 4.36. The van der Waals surface area contributed by atoms with E-state index < -0.39 is 0 Å². The molecule has 2 N–H and O–H groups in total. The van der Waals surface area contributed by atoms with E-state index in [1.165, 1.54) is 17.3 Å². The molecule has 7 nitrogen and oxygen atoms in total. The van der Waals surface area contributed by atoms with Crippen LogP contribution in [0.1, 0.15) is 17.0 Å². The number of benzene rings is 3. The molecule has 8 heteroatoms. The van der Waals surface area contributed by atoms with Crippen molar-refractivity contribution in [1.82, 2.24) is 9.80 Å². The minimum absolute atomic E-state index is 0.0305. The van der Waals surface area contributed by atoms with Crippen molar-refractivity contribution >= 4 is 34.8 Å². The van der Waals surface area contributed by atoms with Crippen LogP contribution in [-0.4, -0.2) is 72.5 Å². The maximum Gasteiger partial charge on any atom is 0.236 e. The van der Waals surface area contributed by atoms with E-state index in [4.69, 9.17) is 11.6 Å². The highest BCUT2D eigenvalue weighted by Crippen LogP contribution is 2.34. The van der Waals surface area contributed by atoms with Crippen LogP contribution in [0.4, 0.5) is 11.4 Å². The first-order chi connectivity index (χ1) is 18.4. The van der Waals surface area contributed by atoms with Crippen LogP contribution in [-0.2, 0) is 9.59 Å². The van der Waals surface area contributed by atoms with Gasteiger partial charge in [-0.1, -0.05) is 54.1 Å². The van der Waals surface area contributed by atoms with E-state index in [1.54, 1.807) is 12.1 Å². The van der Waals surface area contributed by atoms with Gasteiger partial charge in [0.15, 0.2) is 0 Å². The van der Waals surface area contributed by atoms with Crippen LogP contribution < -0.4 is 10.2 Å². The van der Waals surface area contributed by atoms with Gasteiger partial charge in [-0.25, -0.2) is 0 Å². The Morgan fingerprint density at radius 2 is 1.71 bits per heavy atom. The number of likely N-dealkylation sites (tertiary alicyclic amines) is 1. The molecule has 0 bridgehead atoms. The van der Waals surface area contributed by atoms with Crippen LogP contribution in [0.25, 0.3) is 0 Å². The number of anilines is 2. The summed E-state index contributed by atoms with van der Waals surface area (Å²) in [6.45, 7) is 6.50. The number of nitrogens with zero attached hydrogens (tertiary/aromatic N) is 3. The number of hydrogen-bond donors (Lipinski definition) is 2. The fraction of sp³-hybridized carbons (Fsp3) is 0.333. The number of phenolic OH excluding ortho intramolecular Hbond substituents is 1. The Morgan fingerprint density at radius 1 is 0.947 bits per heavy atom. The van der Waals surface area contributed by atoms with Crippen molar-refractivity contribution in [2.24, 2.45) is 5.92 Å². The van der Waals surface area contributed by atoms with Crippen molar-refractivity contribution in [3.63, 3.8) is 0 Å². The molecule has 2 aliphatic rings. The molecule has 2 fully saturated rings. The highest BCUT2D eigenvalue weighted by atomic mass is 35.5. The summed E-state index contributed by atoms with van der Waals surface area (Å²) in [4.78, 5) is 33.0. The monoisotopic (exact) mass is 532 g/mol. The number of amides is 2. The molecule has 2 saturated heterocycles. The Balaban J connectivity index is 1.23. The van der Waals surface area contributed by atoms with Crippen molar-refractivity contribution in [2.75, 3.05) is 56.0 Å². The summed E-state index contributed by atoms with van der Waals surface area (Å²) in [5, 5.41) is 12.8. The van der Waals surface area contributed by atoms with Crippen LogP contribution in [0, 0.1) is 12.8 Å².